The molecule has 0 aliphatic carbocycles. The molecule has 6 nitrogen and oxygen atoms in total. The number of benzene rings is 1. The van der Waals surface area contributed by atoms with Gasteiger partial charge in [-0.15, -0.1) is 0 Å². The van der Waals surface area contributed by atoms with Gasteiger partial charge >= 0.3 is 5.97 Å². The minimum Gasteiger partial charge on any atom is -0.465 e. The van der Waals surface area contributed by atoms with Gasteiger partial charge in [-0.2, -0.15) is 0 Å². The lowest BCUT2D eigenvalue weighted by Gasteiger charge is -2.09. The lowest BCUT2D eigenvalue weighted by atomic mass is 10.1. The van der Waals surface area contributed by atoms with E-state index in [9.17, 15) is 13.2 Å². The van der Waals surface area contributed by atoms with Crippen LogP contribution in [0.5, 0.6) is 0 Å². The van der Waals surface area contributed by atoms with Crippen LogP contribution in [0.3, 0.4) is 0 Å². The van der Waals surface area contributed by atoms with E-state index in [1.54, 1.807) is 6.92 Å². The van der Waals surface area contributed by atoms with E-state index in [1.165, 1.54) is 25.3 Å². The monoisotopic (exact) mass is 300 g/mol. The first kappa shape index (κ1) is 16.6. The zero-order valence-corrected chi connectivity index (χ0v) is 12.7. The van der Waals surface area contributed by atoms with Crippen molar-refractivity contribution >= 4 is 16.0 Å². The van der Waals surface area contributed by atoms with Crippen molar-refractivity contribution in [2.24, 2.45) is 0 Å². The molecule has 2 N–H and O–H groups in total. The molecule has 7 heteroatoms. The number of hydrogen-bond donors (Lipinski definition) is 2. The third kappa shape index (κ3) is 4.29. The largest absolute Gasteiger partial charge is 0.465 e. The van der Waals surface area contributed by atoms with E-state index in [1.807, 2.05) is 7.05 Å². The molecule has 0 aliphatic heterocycles. The highest BCUT2D eigenvalue weighted by Gasteiger charge is 2.16. The number of sulfonamides is 1. The zero-order chi connectivity index (χ0) is 15.2. The van der Waals surface area contributed by atoms with Crippen LogP contribution in [-0.2, 0) is 14.8 Å². The Kier molecular flexibility index (Phi) is 6.12. The normalized spacial score (nSPS) is 11.3. The molecule has 0 atom stereocenters. The van der Waals surface area contributed by atoms with E-state index in [0.29, 0.717) is 24.1 Å². The number of nitrogens with one attached hydrogen (secondary N) is 2. The first-order chi connectivity index (χ1) is 9.42. The summed E-state index contributed by atoms with van der Waals surface area (Å²) in [7, 11) is -0.446. The molecule has 0 fully saturated rings. The topological polar surface area (TPSA) is 84.5 Å². The summed E-state index contributed by atoms with van der Waals surface area (Å²) in [5.74, 6) is -0.478. The van der Waals surface area contributed by atoms with Crippen LogP contribution in [0.2, 0.25) is 0 Å². The molecule has 0 unspecified atom stereocenters. The standard InChI is InChI=1S/C13H20N2O4S/c1-10-9-11(5-6-12(10)13(16)19-3)20(17,18)15-8-4-7-14-2/h5-6,9,14-15H,4,7-8H2,1-3H3. The SMILES string of the molecule is CNCCCNS(=O)(=O)c1ccc(C(=O)OC)c(C)c1. The summed E-state index contributed by atoms with van der Waals surface area (Å²) < 4.78 is 31.2. The lowest BCUT2D eigenvalue weighted by molar-refractivity contribution is 0.0600. The van der Waals surface area contributed by atoms with E-state index in [4.69, 9.17) is 0 Å². The molecule has 0 radical (unpaired) electrons. The molecular weight excluding hydrogens is 280 g/mol. The Bertz CT molecular complexity index is 570. The number of ether oxygens (including phenoxy) is 1. The highest BCUT2D eigenvalue weighted by molar-refractivity contribution is 7.89. The molecule has 0 heterocycles. The fourth-order valence-electron chi connectivity index (χ4n) is 1.70. The minimum atomic E-state index is -3.54. The third-order valence-corrected chi connectivity index (χ3v) is 4.27. The Balaban J connectivity index is 2.86. The molecule has 0 saturated heterocycles. The summed E-state index contributed by atoms with van der Waals surface area (Å²) in [5.41, 5.74) is 0.927. The number of methoxy groups -OCH3 is 1. The van der Waals surface area contributed by atoms with Crippen LogP contribution in [-0.4, -0.2) is 41.6 Å². The van der Waals surface area contributed by atoms with Crippen LogP contribution in [0.1, 0.15) is 22.3 Å². The summed E-state index contributed by atoms with van der Waals surface area (Å²) in [6, 6.07) is 4.33. The van der Waals surface area contributed by atoms with Crippen LogP contribution in [0.15, 0.2) is 23.1 Å². The second kappa shape index (κ2) is 7.37. The van der Waals surface area contributed by atoms with Crippen molar-refractivity contribution in [3.63, 3.8) is 0 Å². The number of hydrogen-bond acceptors (Lipinski definition) is 5. The Morgan fingerprint density at radius 3 is 2.55 bits per heavy atom. The minimum absolute atomic E-state index is 0.145. The number of esters is 1. The van der Waals surface area contributed by atoms with Gasteiger partial charge in [0.2, 0.25) is 10.0 Å². The van der Waals surface area contributed by atoms with E-state index < -0.39 is 16.0 Å². The summed E-state index contributed by atoms with van der Waals surface area (Å²) in [6.45, 7) is 2.77. The predicted octanol–water partition coefficient (Wildman–Crippen LogP) is 0.669. The molecule has 0 aliphatic rings. The van der Waals surface area contributed by atoms with Crippen LogP contribution in [0.4, 0.5) is 0 Å². The van der Waals surface area contributed by atoms with Crippen LogP contribution < -0.4 is 10.0 Å². The molecule has 0 spiro atoms. The van der Waals surface area contributed by atoms with Gasteiger partial charge in [0.15, 0.2) is 0 Å². The molecule has 1 aromatic carbocycles. The molecule has 0 bridgehead atoms. The van der Waals surface area contributed by atoms with E-state index >= 15 is 0 Å². The molecule has 0 saturated carbocycles. The van der Waals surface area contributed by atoms with Gasteiger partial charge in [-0.1, -0.05) is 0 Å². The van der Waals surface area contributed by atoms with Crippen LogP contribution in [0.25, 0.3) is 0 Å². The van der Waals surface area contributed by atoms with Crippen molar-refractivity contribution < 1.29 is 17.9 Å². The van der Waals surface area contributed by atoms with Gasteiger partial charge in [-0.25, -0.2) is 17.9 Å². The first-order valence-corrected chi connectivity index (χ1v) is 7.74. The third-order valence-electron chi connectivity index (χ3n) is 2.81. The van der Waals surface area contributed by atoms with E-state index in [2.05, 4.69) is 14.8 Å². The van der Waals surface area contributed by atoms with Crippen molar-refractivity contribution in [2.75, 3.05) is 27.2 Å². The Morgan fingerprint density at radius 2 is 2.00 bits per heavy atom. The van der Waals surface area contributed by atoms with Crippen molar-refractivity contribution in [1.82, 2.24) is 10.0 Å². The summed E-state index contributed by atoms with van der Waals surface area (Å²) >= 11 is 0. The van der Waals surface area contributed by atoms with Crippen LogP contribution in [0, 0.1) is 6.92 Å². The molecule has 0 amide bonds. The molecule has 1 rings (SSSR count). The fourth-order valence-corrected chi connectivity index (χ4v) is 2.86. The maximum atomic E-state index is 12.1. The van der Waals surface area contributed by atoms with Crippen molar-refractivity contribution in [2.45, 2.75) is 18.2 Å². The lowest BCUT2D eigenvalue weighted by Crippen LogP contribution is -2.27. The van der Waals surface area contributed by atoms with Crippen molar-refractivity contribution in [3.8, 4) is 0 Å². The zero-order valence-electron chi connectivity index (χ0n) is 11.9. The van der Waals surface area contributed by atoms with Gasteiger partial charge in [0.05, 0.1) is 17.6 Å². The van der Waals surface area contributed by atoms with Crippen molar-refractivity contribution in [1.29, 1.82) is 0 Å². The van der Waals surface area contributed by atoms with Gasteiger partial charge in [-0.3, -0.25) is 0 Å². The van der Waals surface area contributed by atoms with Crippen molar-refractivity contribution in [3.05, 3.63) is 29.3 Å². The Hall–Kier alpha value is -1.44. The first-order valence-electron chi connectivity index (χ1n) is 6.25. The van der Waals surface area contributed by atoms with Gasteiger partial charge in [0, 0.05) is 6.54 Å². The van der Waals surface area contributed by atoms with Gasteiger partial charge in [0.25, 0.3) is 0 Å². The maximum Gasteiger partial charge on any atom is 0.338 e. The molecule has 0 aromatic heterocycles. The summed E-state index contributed by atoms with van der Waals surface area (Å²) in [6.07, 6.45) is 0.703. The van der Waals surface area contributed by atoms with E-state index in [0.717, 1.165) is 6.54 Å². The number of carbonyl (C=O) groups is 1. The van der Waals surface area contributed by atoms with E-state index in [-0.39, 0.29) is 4.90 Å². The smallest absolute Gasteiger partial charge is 0.338 e. The highest BCUT2D eigenvalue weighted by atomic mass is 32.2. The average Bonchev–Trinajstić information content (AvgIpc) is 2.42. The fraction of sp³-hybridized carbons (Fsp3) is 0.462. The molecular formula is C13H20N2O4S. The average molecular weight is 300 g/mol. The summed E-state index contributed by atoms with van der Waals surface area (Å²) in [4.78, 5) is 11.6. The molecule has 20 heavy (non-hydrogen) atoms. The molecule has 1 aromatic rings. The number of aryl methyl sites for hydroxylation is 1. The second-order valence-electron chi connectivity index (χ2n) is 4.32. The van der Waals surface area contributed by atoms with Gasteiger partial charge in [0.1, 0.15) is 0 Å². The Labute approximate surface area is 119 Å². The number of carbonyl (C=O) groups excluding carboxylic acids is 1. The van der Waals surface area contributed by atoms with Gasteiger partial charge in [-0.05, 0) is 50.7 Å². The van der Waals surface area contributed by atoms with Gasteiger partial charge < -0.3 is 10.1 Å². The number of rotatable bonds is 7. The quantitative estimate of drug-likeness (QED) is 0.571. The Morgan fingerprint density at radius 1 is 1.30 bits per heavy atom. The second-order valence-corrected chi connectivity index (χ2v) is 6.09. The van der Waals surface area contributed by atoms with Crippen LogP contribution >= 0.6 is 0 Å². The molecule has 112 valence electrons. The summed E-state index contributed by atoms with van der Waals surface area (Å²) in [5, 5.41) is 2.94. The highest BCUT2D eigenvalue weighted by Crippen LogP contribution is 2.16. The maximum absolute atomic E-state index is 12.1. The predicted molar refractivity (Wildman–Crippen MR) is 76.3 cm³/mol.